The van der Waals surface area contributed by atoms with E-state index in [2.05, 4.69) is 44.4 Å². The SMILES string of the molecule is Cn1ncc2c(=O)n(Cc3ccc(-c4ccsc4)cc3)nnc21. The van der Waals surface area contributed by atoms with E-state index in [0.717, 1.165) is 11.1 Å². The van der Waals surface area contributed by atoms with Crippen molar-refractivity contribution in [1.29, 1.82) is 0 Å². The normalized spacial score (nSPS) is 11.2. The van der Waals surface area contributed by atoms with Crippen molar-refractivity contribution >= 4 is 22.4 Å². The summed E-state index contributed by atoms with van der Waals surface area (Å²) in [4.78, 5) is 12.4. The van der Waals surface area contributed by atoms with E-state index >= 15 is 0 Å². The molecule has 3 heterocycles. The zero-order valence-electron chi connectivity index (χ0n) is 12.4. The first kappa shape index (κ1) is 13.8. The summed E-state index contributed by atoms with van der Waals surface area (Å²) in [5, 5.41) is 16.8. The van der Waals surface area contributed by atoms with Crippen molar-refractivity contribution in [2.45, 2.75) is 6.54 Å². The van der Waals surface area contributed by atoms with Crippen molar-refractivity contribution in [3.8, 4) is 11.1 Å². The monoisotopic (exact) mass is 323 g/mol. The minimum Gasteiger partial charge on any atom is -0.267 e. The van der Waals surface area contributed by atoms with Crippen LogP contribution in [0.25, 0.3) is 22.2 Å². The average molecular weight is 323 g/mol. The predicted molar refractivity (Wildman–Crippen MR) is 89.4 cm³/mol. The van der Waals surface area contributed by atoms with Gasteiger partial charge in [-0.15, -0.1) is 5.10 Å². The lowest BCUT2D eigenvalue weighted by atomic mass is 10.1. The Balaban J connectivity index is 1.65. The molecule has 6 nitrogen and oxygen atoms in total. The molecule has 0 aliphatic carbocycles. The Labute approximate surface area is 135 Å². The molecule has 0 amide bonds. The van der Waals surface area contributed by atoms with Gasteiger partial charge < -0.3 is 0 Å². The van der Waals surface area contributed by atoms with E-state index in [4.69, 9.17) is 0 Å². The highest BCUT2D eigenvalue weighted by Crippen LogP contribution is 2.22. The largest absolute Gasteiger partial charge is 0.281 e. The molecule has 0 radical (unpaired) electrons. The molecule has 0 unspecified atom stereocenters. The fraction of sp³-hybridized carbons (Fsp3) is 0.125. The number of thiophene rings is 1. The summed E-state index contributed by atoms with van der Waals surface area (Å²) in [6.07, 6.45) is 1.53. The van der Waals surface area contributed by atoms with Gasteiger partial charge in [0.15, 0.2) is 5.65 Å². The molecule has 0 saturated heterocycles. The molecule has 0 saturated carbocycles. The van der Waals surface area contributed by atoms with Crippen molar-refractivity contribution < 1.29 is 0 Å². The number of hydrogen-bond donors (Lipinski definition) is 0. The molecular formula is C16H13N5OS. The molecule has 0 bridgehead atoms. The molecule has 7 heteroatoms. The second-order valence-corrected chi connectivity index (χ2v) is 6.05. The van der Waals surface area contributed by atoms with Gasteiger partial charge in [0.25, 0.3) is 5.56 Å². The number of aromatic nitrogens is 5. The molecule has 4 aromatic rings. The Morgan fingerprint density at radius 3 is 2.70 bits per heavy atom. The maximum Gasteiger partial charge on any atom is 0.281 e. The van der Waals surface area contributed by atoms with E-state index in [1.807, 2.05) is 12.1 Å². The van der Waals surface area contributed by atoms with Gasteiger partial charge in [-0.2, -0.15) is 16.4 Å². The van der Waals surface area contributed by atoms with Crippen LogP contribution in [-0.4, -0.2) is 24.8 Å². The number of hydrogen-bond acceptors (Lipinski definition) is 5. The highest BCUT2D eigenvalue weighted by molar-refractivity contribution is 7.08. The smallest absolute Gasteiger partial charge is 0.267 e. The molecule has 1 aromatic carbocycles. The fourth-order valence-electron chi connectivity index (χ4n) is 2.48. The second-order valence-electron chi connectivity index (χ2n) is 5.27. The summed E-state index contributed by atoms with van der Waals surface area (Å²) < 4.78 is 2.91. The van der Waals surface area contributed by atoms with Gasteiger partial charge in [-0.1, -0.05) is 29.5 Å². The van der Waals surface area contributed by atoms with E-state index in [-0.39, 0.29) is 5.56 Å². The van der Waals surface area contributed by atoms with Gasteiger partial charge in [-0.05, 0) is 33.5 Å². The molecule has 114 valence electrons. The minimum absolute atomic E-state index is 0.176. The first-order valence-corrected chi connectivity index (χ1v) is 8.04. The first-order valence-electron chi connectivity index (χ1n) is 7.09. The van der Waals surface area contributed by atoms with Crippen LogP contribution < -0.4 is 5.56 Å². The predicted octanol–water partition coefficient (Wildman–Crippen LogP) is 2.30. The Morgan fingerprint density at radius 2 is 1.96 bits per heavy atom. The summed E-state index contributed by atoms with van der Waals surface area (Å²) in [7, 11) is 1.74. The topological polar surface area (TPSA) is 65.6 Å². The van der Waals surface area contributed by atoms with Crippen LogP contribution >= 0.6 is 11.3 Å². The zero-order valence-corrected chi connectivity index (χ0v) is 13.2. The van der Waals surface area contributed by atoms with Gasteiger partial charge in [-0.25, -0.2) is 9.36 Å². The third-order valence-corrected chi connectivity index (χ3v) is 4.44. The highest BCUT2D eigenvalue weighted by atomic mass is 32.1. The lowest BCUT2D eigenvalue weighted by molar-refractivity contribution is 0.595. The van der Waals surface area contributed by atoms with Gasteiger partial charge in [0.1, 0.15) is 5.39 Å². The lowest BCUT2D eigenvalue weighted by Crippen LogP contribution is -2.24. The van der Waals surface area contributed by atoms with Crippen molar-refractivity contribution in [3.63, 3.8) is 0 Å². The van der Waals surface area contributed by atoms with Gasteiger partial charge >= 0.3 is 0 Å². The molecule has 0 aliphatic heterocycles. The van der Waals surface area contributed by atoms with E-state index in [1.165, 1.54) is 16.4 Å². The highest BCUT2D eigenvalue weighted by Gasteiger charge is 2.09. The third kappa shape index (κ3) is 2.44. The van der Waals surface area contributed by atoms with Crippen molar-refractivity contribution in [2.75, 3.05) is 0 Å². The van der Waals surface area contributed by atoms with E-state index in [9.17, 15) is 4.79 Å². The molecule has 4 rings (SSSR count). The Kier molecular flexibility index (Phi) is 3.27. The summed E-state index contributed by atoms with van der Waals surface area (Å²) in [6.45, 7) is 0.389. The maximum absolute atomic E-state index is 12.4. The van der Waals surface area contributed by atoms with E-state index < -0.39 is 0 Å². The van der Waals surface area contributed by atoms with Crippen LogP contribution in [0.4, 0.5) is 0 Å². The van der Waals surface area contributed by atoms with Gasteiger partial charge in [-0.3, -0.25) is 4.79 Å². The Morgan fingerprint density at radius 1 is 1.13 bits per heavy atom. The molecule has 0 aliphatic rings. The summed E-state index contributed by atoms with van der Waals surface area (Å²) in [5.41, 5.74) is 3.69. The van der Waals surface area contributed by atoms with Crippen LogP contribution in [0.15, 0.2) is 52.1 Å². The van der Waals surface area contributed by atoms with E-state index in [1.54, 1.807) is 23.1 Å². The molecule has 0 atom stereocenters. The van der Waals surface area contributed by atoms with Gasteiger partial charge in [0, 0.05) is 7.05 Å². The molecule has 23 heavy (non-hydrogen) atoms. The van der Waals surface area contributed by atoms with Crippen molar-refractivity contribution in [2.24, 2.45) is 7.05 Å². The van der Waals surface area contributed by atoms with Crippen molar-refractivity contribution in [1.82, 2.24) is 24.8 Å². The van der Waals surface area contributed by atoms with Crippen LogP contribution in [0.1, 0.15) is 5.56 Å². The minimum atomic E-state index is -0.176. The van der Waals surface area contributed by atoms with Crippen LogP contribution in [0.5, 0.6) is 0 Å². The Hall–Kier alpha value is -2.80. The van der Waals surface area contributed by atoms with Gasteiger partial charge in [0.2, 0.25) is 0 Å². The number of aryl methyl sites for hydroxylation is 1. The molecule has 0 fully saturated rings. The lowest BCUT2D eigenvalue weighted by Gasteiger charge is -2.05. The molecule has 0 N–H and O–H groups in total. The van der Waals surface area contributed by atoms with Crippen LogP contribution in [0.3, 0.4) is 0 Å². The first-order chi connectivity index (χ1) is 11.2. The molecule has 3 aromatic heterocycles. The third-order valence-electron chi connectivity index (χ3n) is 3.76. The average Bonchev–Trinajstić information content (AvgIpc) is 3.22. The fourth-order valence-corrected chi connectivity index (χ4v) is 3.15. The number of nitrogens with zero attached hydrogens (tertiary/aromatic N) is 5. The molecular weight excluding hydrogens is 310 g/mol. The van der Waals surface area contributed by atoms with Crippen molar-refractivity contribution in [3.05, 3.63) is 63.2 Å². The maximum atomic E-state index is 12.4. The second kappa shape index (κ2) is 5.44. The summed E-state index contributed by atoms with van der Waals surface area (Å²) >= 11 is 1.67. The standard InChI is InChI=1S/C16H13N5OS/c1-20-15-14(8-17-20)16(22)21(19-18-15)9-11-2-4-12(5-3-11)13-6-7-23-10-13/h2-8,10H,9H2,1H3. The quantitative estimate of drug-likeness (QED) is 0.580. The number of benzene rings is 1. The molecule has 0 spiro atoms. The van der Waals surface area contributed by atoms with Gasteiger partial charge in [0.05, 0.1) is 12.7 Å². The zero-order chi connectivity index (χ0) is 15.8. The summed E-state index contributed by atoms with van der Waals surface area (Å²) in [6, 6.07) is 10.2. The number of rotatable bonds is 3. The summed E-state index contributed by atoms with van der Waals surface area (Å²) in [5.74, 6) is 0. The Bertz CT molecular complexity index is 1010. The van der Waals surface area contributed by atoms with E-state index in [0.29, 0.717) is 17.6 Å². The van der Waals surface area contributed by atoms with Crippen LogP contribution in [0, 0.1) is 0 Å². The number of fused-ring (bicyclic) bond motifs is 1. The van der Waals surface area contributed by atoms with Crippen LogP contribution in [0.2, 0.25) is 0 Å². The van der Waals surface area contributed by atoms with Crippen LogP contribution in [-0.2, 0) is 13.6 Å².